The summed E-state index contributed by atoms with van der Waals surface area (Å²) in [5.74, 6) is 0. The summed E-state index contributed by atoms with van der Waals surface area (Å²) in [5.41, 5.74) is 3.69. The highest BCUT2D eigenvalue weighted by Crippen LogP contribution is 2.43. The predicted octanol–water partition coefficient (Wildman–Crippen LogP) is 8.88. The van der Waals surface area contributed by atoms with E-state index in [9.17, 15) is 0 Å². The summed E-state index contributed by atoms with van der Waals surface area (Å²) in [6.07, 6.45) is 0. The molecule has 7 rings (SSSR count). The van der Waals surface area contributed by atoms with Gasteiger partial charge in [-0.1, -0.05) is 98.4 Å². The number of nitrogens with zero attached hydrogens (tertiary/aromatic N) is 1. The zero-order valence-electron chi connectivity index (χ0n) is 16.9. The van der Waals surface area contributed by atoms with Crippen LogP contribution in [0.2, 0.25) is 0 Å². The second-order valence-electron chi connectivity index (χ2n) is 8.16. The predicted molar refractivity (Wildman–Crippen MR) is 140 cm³/mol. The zero-order valence-corrected chi connectivity index (χ0v) is 16.9. The molecule has 0 saturated heterocycles. The highest BCUT2D eigenvalue weighted by molar-refractivity contribution is 6.35. The van der Waals surface area contributed by atoms with Gasteiger partial charge in [-0.25, -0.2) is 0 Å². The lowest BCUT2D eigenvalue weighted by Gasteiger charge is -2.12. The van der Waals surface area contributed by atoms with E-state index in [-0.39, 0.29) is 7.43 Å². The molecular formula is C31H23N. The van der Waals surface area contributed by atoms with E-state index in [0.29, 0.717) is 0 Å². The molecule has 0 fully saturated rings. The van der Waals surface area contributed by atoms with Gasteiger partial charge in [0, 0.05) is 21.8 Å². The molecule has 0 aliphatic heterocycles. The normalized spacial score (nSPS) is 11.5. The van der Waals surface area contributed by atoms with Crippen LogP contribution in [0, 0.1) is 0 Å². The first-order valence-corrected chi connectivity index (χ1v) is 10.7. The van der Waals surface area contributed by atoms with Crippen molar-refractivity contribution in [3.63, 3.8) is 0 Å². The smallest absolute Gasteiger partial charge is 0.0547 e. The summed E-state index contributed by atoms with van der Waals surface area (Å²) in [6.45, 7) is 0. The maximum Gasteiger partial charge on any atom is 0.0547 e. The third-order valence-corrected chi connectivity index (χ3v) is 6.56. The Kier molecular flexibility index (Phi) is 4.06. The van der Waals surface area contributed by atoms with Crippen LogP contribution in [0.15, 0.2) is 115 Å². The van der Waals surface area contributed by atoms with Gasteiger partial charge in [0.25, 0.3) is 0 Å². The van der Waals surface area contributed by atoms with Gasteiger partial charge in [0.1, 0.15) is 0 Å². The maximum absolute atomic E-state index is 2.40. The molecular weight excluding hydrogens is 386 g/mol. The molecule has 0 aliphatic rings. The molecule has 0 amide bonds. The van der Waals surface area contributed by atoms with Crippen LogP contribution in [0.25, 0.3) is 59.8 Å². The molecule has 0 N–H and O–H groups in total. The van der Waals surface area contributed by atoms with Gasteiger partial charge >= 0.3 is 0 Å². The number of hydrogen-bond donors (Lipinski definition) is 0. The van der Waals surface area contributed by atoms with Crippen molar-refractivity contribution in [1.82, 2.24) is 4.57 Å². The van der Waals surface area contributed by atoms with Crippen LogP contribution in [0.5, 0.6) is 0 Å². The minimum absolute atomic E-state index is 0. The molecule has 1 aromatic heterocycles. The molecule has 0 aliphatic carbocycles. The number of benzene rings is 6. The highest BCUT2D eigenvalue weighted by atomic mass is 15.0. The molecule has 1 heteroatoms. The van der Waals surface area contributed by atoms with Crippen LogP contribution >= 0.6 is 0 Å². The second kappa shape index (κ2) is 6.96. The molecule has 1 nitrogen and oxygen atoms in total. The van der Waals surface area contributed by atoms with Crippen molar-refractivity contribution in [3.8, 4) is 5.69 Å². The van der Waals surface area contributed by atoms with Crippen molar-refractivity contribution >= 4 is 54.1 Å². The molecule has 6 aromatic carbocycles. The molecule has 0 radical (unpaired) electrons. The number of aromatic nitrogens is 1. The van der Waals surface area contributed by atoms with Gasteiger partial charge in [0.2, 0.25) is 0 Å². The SMILES string of the molecule is C.c1ccc(-n2c3ccccc3c3c4c5ccccc5c5ccccc5c4ccc32)cc1. The topological polar surface area (TPSA) is 4.93 Å². The third kappa shape index (κ3) is 2.39. The van der Waals surface area contributed by atoms with Crippen LogP contribution < -0.4 is 0 Å². The van der Waals surface area contributed by atoms with Crippen molar-refractivity contribution in [2.24, 2.45) is 0 Å². The summed E-state index contributed by atoms with van der Waals surface area (Å²) < 4.78 is 2.40. The van der Waals surface area contributed by atoms with Gasteiger partial charge in [-0.05, 0) is 51.2 Å². The van der Waals surface area contributed by atoms with Crippen LogP contribution in [-0.2, 0) is 0 Å². The van der Waals surface area contributed by atoms with Crippen LogP contribution in [0.1, 0.15) is 7.43 Å². The van der Waals surface area contributed by atoms with Gasteiger partial charge in [-0.15, -0.1) is 0 Å². The number of hydrogen-bond acceptors (Lipinski definition) is 0. The minimum atomic E-state index is 0. The van der Waals surface area contributed by atoms with Gasteiger partial charge in [-0.3, -0.25) is 0 Å². The van der Waals surface area contributed by atoms with Gasteiger partial charge in [0.05, 0.1) is 11.0 Å². The lowest BCUT2D eigenvalue weighted by molar-refractivity contribution is 1.18. The fourth-order valence-electron chi connectivity index (χ4n) is 5.31. The summed E-state index contributed by atoms with van der Waals surface area (Å²) in [7, 11) is 0. The van der Waals surface area contributed by atoms with Crippen LogP contribution in [0.4, 0.5) is 0 Å². The molecule has 0 unspecified atom stereocenters. The Morgan fingerprint density at radius 1 is 0.344 bits per heavy atom. The Bertz CT molecular complexity index is 1740. The van der Waals surface area contributed by atoms with Gasteiger partial charge < -0.3 is 4.57 Å². The molecule has 0 saturated carbocycles. The van der Waals surface area contributed by atoms with Crippen molar-refractivity contribution < 1.29 is 0 Å². The van der Waals surface area contributed by atoms with E-state index in [1.807, 2.05) is 0 Å². The summed E-state index contributed by atoms with van der Waals surface area (Å²) in [6, 6.07) is 41.7. The second-order valence-corrected chi connectivity index (χ2v) is 8.16. The van der Waals surface area contributed by atoms with Crippen molar-refractivity contribution in [1.29, 1.82) is 0 Å². The maximum atomic E-state index is 2.40. The van der Waals surface area contributed by atoms with Gasteiger partial charge in [0.15, 0.2) is 0 Å². The third-order valence-electron chi connectivity index (χ3n) is 6.56. The lowest BCUT2D eigenvalue weighted by atomic mass is 9.92. The largest absolute Gasteiger partial charge is 0.309 e. The van der Waals surface area contributed by atoms with Gasteiger partial charge in [-0.2, -0.15) is 0 Å². The highest BCUT2D eigenvalue weighted by Gasteiger charge is 2.17. The Morgan fingerprint density at radius 3 is 1.53 bits per heavy atom. The van der Waals surface area contributed by atoms with E-state index >= 15 is 0 Å². The summed E-state index contributed by atoms with van der Waals surface area (Å²) >= 11 is 0. The first-order valence-electron chi connectivity index (χ1n) is 10.7. The molecule has 152 valence electrons. The monoisotopic (exact) mass is 409 g/mol. The Morgan fingerprint density at radius 2 is 0.844 bits per heavy atom. The van der Waals surface area contributed by atoms with E-state index in [1.54, 1.807) is 0 Å². The Hall–Kier alpha value is -4.10. The first-order chi connectivity index (χ1) is 15.4. The van der Waals surface area contributed by atoms with Crippen LogP contribution in [-0.4, -0.2) is 4.57 Å². The zero-order chi connectivity index (χ0) is 20.4. The average Bonchev–Trinajstić information content (AvgIpc) is 3.19. The first kappa shape index (κ1) is 18.7. The van der Waals surface area contributed by atoms with E-state index in [1.165, 1.54) is 59.8 Å². The van der Waals surface area contributed by atoms with Crippen molar-refractivity contribution in [2.75, 3.05) is 0 Å². The van der Waals surface area contributed by atoms with E-state index in [2.05, 4.69) is 120 Å². The molecule has 0 atom stereocenters. The molecule has 32 heavy (non-hydrogen) atoms. The van der Waals surface area contributed by atoms with Crippen LogP contribution in [0.3, 0.4) is 0 Å². The number of rotatable bonds is 1. The van der Waals surface area contributed by atoms with E-state index in [0.717, 1.165) is 0 Å². The fraction of sp³-hybridized carbons (Fsp3) is 0.0323. The van der Waals surface area contributed by atoms with E-state index in [4.69, 9.17) is 0 Å². The Labute approximate surface area is 187 Å². The standard InChI is InChI=1S/C30H19N.CH4/c1-2-10-20(11-3-1)31-27-17-9-8-16-26(27)30-28(31)19-18-25-23-14-5-4-12-21(23)22-13-6-7-15-24(22)29(25)30;/h1-19H;1H4. The fourth-order valence-corrected chi connectivity index (χ4v) is 5.31. The van der Waals surface area contributed by atoms with Crippen molar-refractivity contribution in [2.45, 2.75) is 7.43 Å². The molecule has 7 aromatic rings. The molecule has 0 bridgehead atoms. The number of fused-ring (bicyclic) bond motifs is 10. The number of para-hydroxylation sites is 2. The summed E-state index contributed by atoms with van der Waals surface area (Å²) in [4.78, 5) is 0. The minimum Gasteiger partial charge on any atom is -0.309 e. The lowest BCUT2D eigenvalue weighted by Crippen LogP contribution is -1.93. The average molecular weight is 410 g/mol. The molecule has 1 heterocycles. The Balaban J connectivity index is 0.00000196. The van der Waals surface area contributed by atoms with E-state index < -0.39 is 0 Å². The molecule has 0 spiro atoms. The van der Waals surface area contributed by atoms with Crippen molar-refractivity contribution in [3.05, 3.63) is 115 Å². The quantitative estimate of drug-likeness (QED) is 0.239. The summed E-state index contributed by atoms with van der Waals surface area (Å²) in [5, 5.41) is 10.6.